The fraction of sp³-hybridized carbons (Fsp3) is 1.00. The van der Waals surface area contributed by atoms with Gasteiger partial charge in [0.15, 0.2) is 0 Å². The summed E-state index contributed by atoms with van der Waals surface area (Å²) in [6, 6.07) is 0.638. The van der Waals surface area contributed by atoms with Gasteiger partial charge >= 0.3 is 0 Å². The first kappa shape index (κ1) is 9.93. The molecular formula is C9H18FNO. The molecule has 1 rings (SSSR count). The molecule has 0 aromatic heterocycles. The number of hydrogen-bond donors (Lipinski definition) is 1. The molecule has 3 heteroatoms. The van der Waals surface area contributed by atoms with Gasteiger partial charge in [0.2, 0.25) is 0 Å². The van der Waals surface area contributed by atoms with E-state index in [1.807, 2.05) is 0 Å². The summed E-state index contributed by atoms with van der Waals surface area (Å²) in [5.74, 6) is 0. The highest BCUT2D eigenvalue weighted by Crippen LogP contribution is 2.22. The van der Waals surface area contributed by atoms with Crippen molar-refractivity contribution in [2.75, 3.05) is 13.2 Å². The number of aliphatic hydroxyl groups is 1. The van der Waals surface area contributed by atoms with Gasteiger partial charge in [-0.25, -0.2) is 4.39 Å². The highest BCUT2D eigenvalue weighted by molar-refractivity contribution is 4.83. The molecular weight excluding hydrogens is 157 g/mol. The van der Waals surface area contributed by atoms with Gasteiger partial charge in [-0.2, -0.15) is 0 Å². The Balaban J connectivity index is 2.48. The molecule has 0 aromatic carbocycles. The molecule has 2 nitrogen and oxygen atoms in total. The van der Waals surface area contributed by atoms with Crippen LogP contribution in [0.2, 0.25) is 0 Å². The van der Waals surface area contributed by atoms with E-state index in [4.69, 9.17) is 0 Å². The molecule has 2 unspecified atom stereocenters. The van der Waals surface area contributed by atoms with Gasteiger partial charge in [-0.1, -0.05) is 0 Å². The summed E-state index contributed by atoms with van der Waals surface area (Å²) < 4.78 is 12.1. The molecule has 0 aromatic rings. The maximum Gasteiger partial charge on any atom is 0.102 e. The number of rotatable bonds is 2. The van der Waals surface area contributed by atoms with Crippen LogP contribution in [0.15, 0.2) is 0 Å². The molecule has 1 aliphatic heterocycles. The number of nitrogens with zero attached hydrogens (tertiary/aromatic N) is 1. The minimum absolute atomic E-state index is 0.189. The molecule has 1 saturated heterocycles. The molecule has 0 saturated carbocycles. The minimum atomic E-state index is -0.287. The van der Waals surface area contributed by atoms with Gasteiger partial charge < -0.3 is 5.11 Å². The molecule has 0 spiro atoms. The lowest BCUT2D eigenvalue weighted by Gasteiger charge is -2.40. The predicted octanol–water partition coefficient (Wildman–Crippen LogP) is 1.19. The van der Waals surface area contributed by atoms with Crippen molar-refractivity contribution in [3.05, 3.63) is 0 Å². The fourth-order valence-corrected chi connectivity index (χ4v) is 2.13. The van der Waals surface area contributed by atoms with Crippen LogP contribution in [0.25, 0.3) is 0 Å². The molecule has 0 bridgehead atoms. The molecule has 0 aliphatic carbocycles. The van der Waals surface area contributed by atoms with Crippen LogP contribution < -0.4 is 0 Å². The van der Waals surface area contributed by atoms with Gasteiger partial charge in [0, 0.05) is 18.6 Å². The maximum atomic E-state index is 12.1. The molecule has 12 heavy (non-hydrogen) atoms. The first-order valence-electron chi connectivity index (χ1n) is 4.65. The van der Waals surface area contributed by atoms with Gasteiger partial charge in [0.05, 0.1) is 6.10 Å². The lowest BCUT2D eigenvalue weighted by molar-refractivity contribution is 0.0107. The largest absolute Gasteiger partial charge is 0.393 e. The van der Waals surface area contributed by atoms with Gasteiger partial charge in [0.25, 0.3) is 0 Å². The Morgan fingerprint density at radius 2 is 1.83 bits per heavy atom. The third-order valence-electron chi connectivity index (χ3n) is 2.70. The van der Waals surface area contributed by atoms with Crippen LogP contribution in [-0.2, 0) is 0 Å². The van der Waals surface area contributed by atoms with Crippen molar-refractivity contribution < 1.29 is 9.50 Å². The quantitative estimate of drug-likeness (QED) is 0.681. The molecule has 0 amide bonds. The second-order valence-corrected chi connectivity index (χ2v) is 3.75. The molecule has 1 heterocycles. The van der Waals surface area contributed by atoms with E-state index in [9.17, 15) is 9.50 Å². The normalized spacial score (nSPS) is 38.5. The van der Waals surface area contributed by atoms with Gasteiger partial charge in [-0.3, -0.25) is 4.90 Å². The first-order valence-corrected chi connectivity index (χ1v) is 4.65. The van der Waals surface area contributed by atoms with Crippen molar-refractivity contribution in [1.29, 1.82) is 0 Å². The van der Waals surface area contributed by atoms with E-state index in [0.717, 1.165) is 12.8 Å². The van der Waals surface area contributed by atoms with Gasteiger partial charge in [-0.05, 0) is 26.7 Å². The highest BCUT2D eigenvalue weighted by Gasteiger charge is 2.28. The predicted molar refractivity (Wildman–Crippen MR) is 46.8 cm³/mol. The highest BCUT2D eigenvalue weighted by atomic mass is 19.1. The maximum absolute atomic E-state index is 12.1. The first-order chi connectivity index (χ1) is 5.65. The third kappa shape index (κ3) is 2.17. The lowest BCUT2D eigenvalue weighted by atomic mass is 9.95. The van der Waals surface area contributed by atoms with Gasteiger partial charge in [0.1, 0.15) is 6.67 Å². The summed E-state index contributed by atoms with van der Waals surface area (Å²) in [5.41, 5.74) is 0. The Kier molecular flexibility index (Phi) is 3.47. The van der Waals surface area contributed by atoms with Crippen LogP contribution in [0.5, 0.6) is 0 Å². The van der Waals surface area contributed by atoms with Crippen LogP contribution in [0.1, 0.15) is 26.7 Å². The van der Waals surface area contributed by atoms with E-state index in [1.54, 1.807) is 0 Å². The Morgan fingerprint density at radius 1 is 1.33 bits per heavy atom. The van der Waals surface area contributed by atoms with E-state index in [-0.39, 0.29) is 12.8 Å². The fourth-order valence-electron chi connectivity index (χ4n) is 2.13. The molecule has 1 N–H and O–H groups in total. The second kappa shape index (κ2) is 4.19. The average Bonchev–Trinajstić information content (AvgIpc) is 1.96. The van der Waals surface area contributed by atoms with Crippen LogP contribution in [0, 0.1) is 0 Å². The average molecular weight is 175 g/mol. The van der Waals surface area contributed by atoms with Crippen molar-refractivity contribution in [1.82, 2.24) is 4.90 Å². The standard InChI is InChI=1S/C9H18FNO/c1-7-5-9(12)6-8(2)11(7)4-3-10/h7-9,12H,3-6H2,1-2H3. The van der Waals surface area contributed by atoms with Crippen molar-refractivity contribution in [3.8, 4) is 0 Å². The lowest BCUT2D eigenvalue weighted by Crippen LogP contribution is -2.48. The van der Waals surface area contributed by atoms with E-state index >= 15 is 0 Å². The Labute approximate surface area is 73.4 Å². The SMILES string of the molecule is CC1CC(O)CC(C)N1CCF. The Hall–Kier alpha value is -0.150. The number of hydrogen-bond acceptors (Lipinski definition) is 2. The molecule has 72 valence electrons. The number of aliphatic hydroxyl groups excluding tert-OH is 1. The Bertz CT molecular complexity index is 130. The van der Waals surface area contributed by atoms with Crippen molar-refractivity contribution >= 4 is 0 Å². The zero-order chi connectivity index (χ0) is 9.14. The van der Waals surface area contributed by atoms with Gasteiger partial charge in [-0.15, -0.1) is 0 Å². The summed E-state index contributed by atoms with van der Waals surface area (Å²) in [6.45, 7) is 4.32. The molecule has 0 radical (unpaired) electrons. The number of halogens is 1. The number of likely N-dealkylation sites (tertiary alicyclic amines) is 1. The zero-order valence-electron chi connectivity index (χ0n) is 7.83. The van der Waals surface area contributed by atoms with Crippen LogP contribution in [0.3, 0.4) is 0 Å². The van der Waals surface area contributed by atoms with E-state index < -0.39 is 0 Å². The summed E-state index contributed by atoms with van der Waals surface area (Å²) >= 11 is 0. The van der Waals surface area contributed by atoms with Crippen LogP contribution >= 0.6 is 0 Å². The van der Waals surface area contributed by atoms with E-state index in [1.165, 1.54) is 0 Å². The molecule has 1 aliphatic rings. The molecule has 2 atom stereocenters. The zero-order valence-corrected chi connectivity index (χ0v) is 7.83. The van der Waals surface area contributed by atoms with E-state index in [0.29, 0.717) is 18.6 Å². The smallest absolute Gasteiger partial charge is 0.102 e. The van der Waals surface area contributed by atoms with Crippen molar-refractivity contribution in [2.45, 2.75) is 44.9 Å². The number of piperidine rings is 1. The third-order valence-corrected chi connectivity index (χ3v) is 2.70. The topological polar surface area (TPSA) is 23.5 Å². The summed E-state index contributed by atoms with van der Waals surface area (Å²) in [7, 11) is 0. The second-order valence-electron chi connectivity index (χ2n) is 3.75. The number of alkyl halides is 1. The summed E-state index contributed by atoms with van der Waals surface area (Å²) in [4.78, 5) is 2.13. The van der Waals surface area contributed by atoms with Crippen molar-refractivity contribution in [2.24, 2.45) is 0 Å². The minimum Gasteiger partial charge on any atom is -0.393 e. The van der Waals surface area contributed by atoms with Crippen LogP contribution in [-0.4, -0.2) is 41.4 Å². The van der Waals surface area contributed by atoms with Crippen molar-refractivity contribution in [3.63, 3.8) is 0 Å². The Morgan fingerprint density at radius 3 is 2.25 bits per heavy atom. The van der Waals surface area contributed by atoms with E-state index in [2.05, 4.69) is 18.7 Å². The monoisotopic (exact) mass is 175 g/mol. The summed E-state index contributed by atoms with van der Waals surface area (Å²) in [5, 5.41) is 9.42. The molecule has 1 fully saturated rings. The van der Waals surface area contributed by atoms with Crippen LogP contribution in [0.4, 0.5) is 4.39 Å². The summed E-state index contributed by atoms with van der Waals surface area (Å²) in [6.07, 6.45) is 1.38.